The summed E-state index contributed by atoms with van der Waals surface area (Å²) in [4.78, 5) is 0. The Morgan fingerprint density at radius 2 is 2.00 bits per heavy atom. The minimum Gasteiger partial charge on any atom is -0.374 e. The van der Waals surface area contributed by atoms with Gasteiger partial charge in [-0.15, -0.1) is 0 Å². The molecule has 0 bridgehead atoms. The molecule has 3 heteroatoms. The van der Waals surface area contributed by atoms with Crippen molar-refractivity contribution in [1.29, 1.82) is 0 Å². The summed E-state index contributed by atoms with van der Waals surface area (Å²) in [6.07, 6.45) is 6.35. The summed E-state index contributed by atoms with van der Waals surface area (Å²) in [5.74, 6) is 0. The van der Waals surface area contributed by atoms with Crippen molar-refractivity contribution in [2.75, 3.05) is 26.2 Å². The zero-order valence-corrected chi connectivity index (χ0v) is 9.85. The van der Waals surface area contributed by atoms with E-state index in [2.05, 4.69) is 12.2 Å². The van der Waals surface area contributed by atoms with Gasteiger partial charge in [-0.3, -0.25) is 0 Å². The van der Waals surface area contributed by atoms with Crippen LogP contribution in [0.2, 0.25) is 0 Å². The standard InChI is InChI=1S/C12H24N2O/c1-11(4-3-7-15-11)9-14-10-12(8-13)5-2-6-12/h14H,2-10,13H2,1H3. The van der Waals surface area contributed by atoms with Crippen molar-refractivity contribution in [3.8, 4) is 0 Å². The molecule has 0 radical (unpaired) electrons. The van der Waals surface area contributed by atoms with Crippen LogP contribution in [0.4, 0.5) is 0 Å². The van der Waals surface area contributed by atoms with Gasteiger partial charge in [-0.25, -0.2) is 0 Å². The molecule has 2 rings (SSSR count). The SMILES string of the molecule is CC1(CNCC2(CN)CCC2)CCCO1. The highest BCUT2D eigenvalue weighted by Gasteiger charge is 2.36. The van der Waals surface area contributed by atoms with E-state index in [1.54, 1.807) is 0 Å². The highest BCUT2D eigenvalue weighted by Crippen LogP contribution is 2.39. The summed E-state index contributed by atoms with van der Waals surface area (Å²) in [5, 5.41) is 3.56. The summed E-state index contributed by atoms with van der Waals surface area (Å²) in [7, 11) is 0. The maximum absolute atomic E-state index is 5.82. The average Bonchev–Trinajstić information content (AvgIpc) is 2.58. The molecule has 0 aromatic carbocycles. The number of nitrogens with two attached hydrogens (primary N) is 1. The second kappa shape index (κ2) is 4.40. The summed E-state index contributed by atoms with van der Waals surface area (Å²) in [6.45, 7) is 6.03. The lowest BCUT2D eigenvalue weighted by Crippen LogP contribution is -2.48. The van der Waals surface area contributed by atoms with Crippen molar-refractivity contribution in [3.63, 3.8) is 0 Å². The molecule has 0 aromatic rings. The summed E-state index contributed by atoms with van der Waals surface area (Å²) in [6, 6.07) is 0. The van der Waals surface area contributed by atoms with E-state index < -0.39 is 0 Å². The second-order valence-corrected chi connectivity index (χ2v) is 5.56. The van der Waals surface area contributed by atoms with Gasteiger partial charge in [0.15, 0.2) is 0 Å². The maximum atomic E-state index is 5.82. The number of hydrogen-bond donors (Lipinski definition) is 2. The topological polar surface area (TPSA) is 47.3 Å². The Labute approximate surface area is 92.7 Å². The molecule has 15 heavy (non-hydrogen) atoms. The van der Waals surface area contributed by atoms with Gasteiger partial charge in [0.05, 0.1) is 5.60 Å². The van der Waals surface area contributed by atoms with Gasteiger partial charge in [-0.05, 0) is 44.6 Å². The van der Waals surface area contributed by atoms with E-state index in [0.29, 0.717) is 5.41 Å². The zero-order chi connectivity index (χ0) is 10.8. The molecule has 2 aliphatic rings. The minimum absolute atomic E-state index is 0.0829. The van der Waals surface area contributed by atoms with Gasteiger partial charge in [0, 0.05) is 19.7 Å². The number of rotatable bonds is 5. The van der Waals surface area contributed by atoms with Crippen molar-refractivity contribution in [3.05, 3.63) is 0 Å². The van der Waals surface area contributed by atoms with Gasteiger partial charge in [-0.1, -0.05) is 6.42 Å². The van der Waals surface area contributed by atoms with Crippen molar-refractivity contribution < 1.29 is 4.74 Å². The van der Waals surface area contributed by atoms with E-state index in [4.69, 9.17) is 10.5 Å². The predicted molar refractivity (Wildman–Crippen MR) is 61.8 cm³/mol. The van der Waals surface area contributed by atoms with Crippen molar-refractivity contribution >= 4 is 0 Å². The number of nitrogens with one attached hydrogen (secondary N) is 1. The van der Waals surface area contributed by atoms with Crippen LogP contribution in [0.15, 0.2) is 0 Å². The molecule has 1 atom stereocenters. The predicted octanol–water partition coefficient (Wildman–Crippen LogP) is 1.27. The molecule has 2 fully saturated rings. The Morgan fingerprint density at radius 1 is 1.20 bits per heavy atom. The lowest BCUT2D eigenvalue weighted by molar-refractivity contribution is 0.0161. The Hall–Kier alpha value is -0.120. The molecule has 1 saturated carbocycles. The van der Waals surface area contributed by atoms with Gasteiger partial charge in [-0.2, -0.15) is 0 Å². The lowest BCUT2D eigenvalue weighted by Gasteiger charge is -2.41. The first-order valence-electron chi connectivity index (χ1n) is 6.23. The molecule has 0 aromatic heterocycles. The first-order valence-corrected chi connectivity index (χ1v) is 6.23. The Morgan fingerprint density at radius 3 is 2.47 bits per heavy atom. The third-order valence-electron chi connectivity index (χ3n) is 4.15. The largest absolute Gasteiger partial charge is 0.374 e. The Balaban J connectivity index is 1.69. The minimum atomic E-state index is 0.0829. The van der Waals surface area contributed by atoms with Crippen LogP contribution in [0.1, 0.15) is 39.0 Å². The highest BCUT2D eigenvalue weighted by molar-refractivity contribution is 4.92. The van der Waals surface area contributed by atoms with Gasteiger partial charge >= 0.3 is 0 Å². The van der Waals surface area contributed by atoms with E-state index in [-0.39, 0.29) is 5.60 Å². The van der Waals surface area contributed by atoms with E-state index in [9.17, 15) is 0 Å². The third-order valence-corrected chi connectivity index (χ3v) is 4.15. The maximum Gasteiger partial charge on any atom is 0.0779 e. The number of hydrogen-bond acceptors (Lipinski definition) is 3. The van der Waals surface area contributed by atoms with Gasteiger partial charge in [0.2, 0.25) is 0 Å². The molecule has 1 heterocycles. The molecule has 1 unspecified atom stereocenters. The Kier molecular flexibility index (Phi) is 3.33. The van der Waals surface area contributed by atoms with Crippen LogP contribution < -0.4 is 11.1 Å². The fourth-order valence-corrected chi connectivity index (χ4v) is 2.70. The fourth-order valence-electron chi connectivity index (χ4n) is 2.70. The molecule has 3 N–H and O–H groups in total. The quantitative estimate of drug-likeness (QED) is 0.721. The van der Waals surface area contributed by atoms with Crippen molar-refractivity contribution in [1.82, 2.24) is 5.32 Å². The van der Waals surface area contributed by atoms with E-state index in [0.717, 1.165) is 26.2 Å². The molecule has 3 nitrogen and oxygen atoms in total. The van der Waals surface area contributed by atoms with Crippen LogP contribution in [-0.4, -0.2) is 31.8 Å². The van der Waals surface area contributed by atoms with Gasteiger partial charge in [0.1, 0.15) is 0 Å². The summed E-state index contributed by atoms with van der Waals surface area (Å²) >= 11 is 0. The first-order chi connectivity index (χ1) is 7.18. The second-order valence-electron chi connectivity index (χ2n) is 5.56. The van der Waals surface area contributed by atoms with E-state index in [1.165, 1.54) is 32.1 Å². The van der Waals surface area contributed by atoms with E-state index >= 15 is 0 Å². The van der Waals surface area contributed by atoms with Crippen LogP contribution in [-0.2, 0) is 4.74 Å². The molecule has 1 aliphatic carbocycles. The monoisotopic (exact) mass is 212 g/mol. The average molecular weight is 212 g/mol. The van der Waals surface area contributed by atoms with E-state index in [1.807, 2.05) is 0 Å². The Bertz CT molecular complexity index is 200. The molecule has 1 saturated heterocycles. The number of ether oxygens (including phenoxy) is 1. The summed E-state index contributed by atoms with van der Waals surface area (Å²) < 4.78 is 5.75. The normalized spacial score (nSPS) is 34.0. The molecular formula is C12H24N2O. The van der Waals surface area contributed by atoms with Crippen LogP contribution in [0.3, 0.4) is 0 Å². The molecule has 88 valence electrons. The molecule has 0 spiro atoms. The molecular weight excluding hydrogens is 188 g/mol. The van der Waals surface area contributed by atoms with Gasteiger partial charge in [0.25, 0.3) is 0 Å². The van der Waals surface area contributed by atoms with Crippen LogP contribution in [0, 0.1) is 5.41 Å². The smallest absolute Gasteiger partial charge is 0.0779 e. The fraction of sp³-hybridized carbons (Fsp3) is 1.00. The highest BCUT2D eigenvalue weighted by atomic mass is 16.5. The third kappa shape index (κ3) is 2.52. The summed E-state index contributed by atoms with van der Waals surface area (Å²) in [5.41, 5.74) is 6.32. The van der Waals surface area contributed by atoms with Crippen LogP contribution in [0.25, 0.3) is 0 Å². The van der Waals surface area contributed by atoms with Crippen molar-refractivity contribution in [2.45, 2.75) is 44.6 Å². The molecule has 0 amide bonds. The molecule has 1 aliphatic heterocycles. The lowest BCUT2D eigenvalue weighted by atomic mass is 9.69. The van der Waals surface area contributed by atoms with Crippen LogP contribution >= 0.6 is 0 Å². The van der Waals surface area contributed by atoms with Crippen molar-refractivity contribution in [2.24, 2.45) is 11.1 Å². The van der Waals surface area contributed by atoms with Gasteiger partial charge < -0.3 is 15.8 Å². The first kappa shape index (κ1) is 11.4. The van der Waals surface area contributed by atoms with Crippen LogP contribution in [0.5, 0.6) is 0 Å². The zero-order valence-electron chi connectivity index (χ0n) is 9.85.